The summed E-state index contributed by atoms with van der Waals surface area (Å²) in [6.07, 6.45) is 5.59. The first-order chi connectivity index (χ1) is 12.6. The number of pyridine rings is 1. The zero-order chi connectivity index (χ0) is 18.1. The molecule has 1 aliphatic heterocycles. The van der Waals surface area contributed by atoms with Crippen molar-refractivity contribution >= 4 is 17.5 Å². The topological polar surface area (TPSA) is 71.1 Å². The summed E-state index contributed by atoms with van der Waals surface area (Å²) in [5.41, 5.74) is 2.72. The SMILES string of the molecule is Cc1cccn2cc(CC(=O)N3CCN(C(=O)c4ccco4)CC3)nc12. The number of aryl methyl sites for hydroxylation is 1. The summed E-state index contributed by atoms with van der Waals surface area (Å²) in [5, 5.41) is 0. The van der Waals surface area contributed by atoms with Crippen molar-refractivity contribution in [1.82, 2.24) is 19.2 Å². The van der Waals surface area contributed by atoms with Gasteiger partial charge in [-0.05, 0) is 30.7 Å². The maximum absolute atomic E-state index is 12.6. The Hall–Kier alpha value is -3.09. The minimum Gasteiger partial charge on any atom is -0.459 e. The molecular formula is C19H20N4O3. The molecule has 26 heavy (non-hydrogen) atoms. The van der Waals surface area contributed by atoms with E-state index >= 15 is 0 Å². The molecule has 0 saturated carbocycles. The van der Waals surface area contributed by atoms with Gasteiger partial charge in [0, 0.05) is 38.6 Å². The van der Waals surface area contributed by atoms with Crippen LogP contribution < -0.4 is 0 Å². The molecule has 3 aromatic rings. The third kappa shape index (κ3) is 3.08. The molecule has 0 aliphatic carbocycles. The summed E-state index contributed by atoms with van der Waals surface area (Å²) < 4.78 is 7.10. The number of imidazole rings is 1. The van der Waals surface area contributed by atoms with Crippen LogP contribution in [-0.4, -0.2) is 57.2 Å². The van der Waals surface area contributed by atoms with Gasteiger partial charge >= 0.3 is 0 Å². The molecule has 1 aliphatic rings. The number of fused-ring (bicyclic) bond motifs is 1. The minimum absolute atomic E-state index is 0.0381. The van der Waals surface area contributed by atoms with Crippen LogP contribution in [-0.2, 0) is 11.2 Å². The van der Waals surface area contributed by atoms with Gasteiger partial charge in [-0.25, -0.2) is 4.98 Å². The monoisotopic (exact) mass is 352 g/mol. The zero-order valence-electron chi connectivity index (χ0n) is 14.6. The number of amides is 2. The van der Waals surface area contributed by atoms with Crippen molar-refractivity contribution < 1.29 is 14.0 Å². The summed E-state index contributed by atoms with van der Waals surface area (Å²) in [6, 6.07) is 7.32. The van der Waals surface area contributed by atoms with E-state index in [-0.39, 0.29) is 18.2 Å². The summed E-state index contributed by atoms with van der Waals surface area (Å²) in [5.74, 6) is 0.249. The maximum Gasteiger partial charge on any atom is 0.289 e. The van der Waals surface area contributed by atoms with Crippen molar-refractivity contribution in [3.63, 3.8) is 0 Å². The molecule has 0 N–H and O–H groups in total. The number of rotatable bonds is 3. The van der Waals surface area contributed by atoms with Gasteiger partial charge in [-0.3, -0.25) is 9.59 Å². The Morgan fingerprint density at radius 1 is 1.12 bits per heavy atom. The van der Waals surface area contributed by atoms with Crippen molar-refractivity contribution in [3.8, 4) is 0 Å². The Labute approximate surface area is 150 Å². The molecule has 0 aromatic carbocycles. The van der Waals surface area contributed by atoms with Crippen LogP contribution in [0.2, 0.25) is 0 Å². The fraction of sp³-hybridized carbons (Fsp3) is 0.316. The highest BCUT2D eigenvalue weighted by Crippen LogP contribution is 2.13. The van der Waals surface area contributed by atoms with Crippen LogP contribution in [0.4, 0.5) is 0 Å². The van der Waals surface area contributed by atoms with E-state index in [0.29, 0.717) is 31.9 Å². The number of aromatic nitrogens is 2. The second-order valence-corrected chi connectivity index (χ2v) is 6.48. The van der Waals surface area contributed by atoms with Crippen molar-refractivity contribution in [2.24, 2.45) is 0 Å². The van der Waals surface area contributed by atoms with Crippen molar-refractivity contribution in [3.05, 3.63) is 59.9 Å². The highest BCUT2D eigenvalue weighted by atomic mass is 16.3. The van der Waals surface area contributed by atoms with Crippen LogP contribution in [0.1, 0.15) is 21.8 Å². The molecule has 4 heterocycles. The summed E-state index contributed by atoms with van der Waals surface area (Å²) in [6.45, 7) is 4.07. The summed E-state index contributed by atoms with van der Waals surface area (Å²) >= 11 is 0. The lowest BCUT2D eigenvalue weighted by Crippen LogP contribution is -2.50. The lowest BCUT2D eigenvalue weighted by atomic mass is 10.2. The van der Waals surface area contributed by atoms with E-state index in [1.165, 1.54) is 6.26 Å². The van der Waals surface area contributed by atoms with Crippen LogP contribution in [0.3, 0.4) is 0 Å². The molecule has 7 nitrogen and oxygen atoms in total. The van der Waals surface area contributed by atoms with E-state index in [1.54, 1.807) is 21.9 Å². The summed E-state index contributed by atoms with van der Waals surface area (Å²) in [4.78, 5) is 32.9. The smallest absolute Gasteiger partial charge is 0.289 e. The van der Waals surface area contributed by atoms with Crippen molar-refractivity contribution in [2.45, 2.75) is 13.3 Å². The molecule has 7 heteroatoms. The number of nitrogens with zero attached hydrogens (tertiary/aromatic N) is 4. The van der Waals surface area contributed by atoms with Crippen LogP contribution >= 0.6 is 0 Å². The van der Waals surface area contributed by atoms with Gasteiger partial charge in [0.25, 0.3) is 5.91 Å². The molecule has 0 radical (unpaired) electrons. The number of furan rings is 1. The lowest BCUT2D eigenvalue weighted by molar-refractivity contribution is -0.132. The Morgan fingerprint density at radius 2 is 1.88 bits per heavy atom. The van der Waals surface area contributed by atoms with Gasteiger partial charge in [0.1, 0.15) is 5.65 Å². The van der Waals surface area contributed by atoms with Crippen molar-refractivity contribution in [2.75, 3.05) is 26.2 Å². The Morgan fingerprint density at radius 3 is 2.58 bits per heavy atom. The third-order valence-corrected chi connectivity index (χ3v) is 4.71. The Kier molecular flexibility index (Phi) is 4.20. The fourth-order valence-electron chi connectivity index (χ4n) is 3.27. The third-order valence-electron chi connectivity index (χ3n) is 4.71. The first kappa shape index (κ1) is 16.4. The van der Waals surface area contributed by atoms with Crippen LogP contribution in [0.15, 0.2) is 47.3 Å². The average Bonchev–Trinajstić information content (AvgIpc) is 3.31. The average molecular weight is 352 g/mol. The molecule has 0 bridgehead atoms. The zero-order valence-corrected chi connectivity index (χ0v) is 14.6. The highest BCUT2D eigenvalue weighted by molar-refractivity contribution is 5.91. The quantitative estimate of drug-likeness (QED) is 0.720. The lowest BCUT2D eigenvalue weighted by Gasteiger charge is -2.34. The predicted molar refractivity (Wildman–Crippen MR) is 94.8 cm³/mol. The van der Waals surface area contributed by atoms with E-state index in [1.807, 2.05) is 35.9 Å². The predicted octanol–water partition coefficient (Wildman–Crippen LogP) is 1.76. The van der Waals surface area contributed by atoms with E-state index in [0.717, 1.165) is 16.9 Å². The number of hydrogen-bond donors (Lipinski definition) is 0. The second-order valence-electron chi connectivity index (χ2n) is 6.48. The standard InChI is InChI=1S/C19H20N4O3/c1-14-4-2-6-23-13-15(20-18(14)23)12-17(24)21-7-9-22(10-8-21)19(25)16-5-3-11-26-16/h2-6,11,13H,7-10,12H2,1H3. The normalized spacial score (nSPS) is 14.8. The van der Waals surface area contributed by atoms with Gasteiger partial charge in [-0.1, -0.05) is 6.07 Å². The summed E-state index contributed by atoms with van der Waals surface area (Å²) in [7, 11) is 0. The molecular weight excluding hydrogens is 332 g/mol. The number of carbonyl (C=O) groups is 2. The Bertz CT molecular complexity index is 937. The van der Waals surface area contributed by atoms with Gasteiger partial charge < -0.3 is 18.6 Å². The largest absolute Gasteiger partial charge is 0.459 e. The number of piperazine rings is 1. The molecule has 4 rings (SSSR count). The van der Waals surface area contributed by atoms with E-state index in [2.05, 4.69) is 4.98 Å². The van der Waals surface area contributed by atoms with Gasteiger partial charge in [0.2, 0.25) is 5.91 Å². The highest BCUT2D eigenvalue weighted by Gasteiger charge is 2.26. The molecule has 3 aromatic heterocycles. The molecule has 1 fully saturated rings. The molecule has 0 atom stereocenters. The second kappa shape index (κ2) is 6.67. The van der Waals surface area contributed by atoms with Crippen LogP contribution in [0.5, 0.6) is 0 Å². The molecule has 0 spiro atoms. The molecule has 134 valence electrons. The van der Waals surface area contributed by atoms with E-state index < -0.39 is 0 Å². The van der Waals surface area contributed by atoms with Crippen LogP contribution in [0, 0.1) is 6.92 Å². The molecule has 0 unspecified atom stereocenters. The number of carbonyl (C=O) groups excluding carboxylic acids is 2. The minimum atomic E-state index is -0.127. The van der Waals surface area contributed by atoms with Gasteiger partial charge in [0.05, 0.1) is 18.4 Å². The molecule has 2 amide bonds. The van der Waals surface area contributed by atoms with Crippen molar-refractivity contribution in [1.29, 1.82) is 0 Å². The first-order valence-electron chi connectivity index (χ1n) is 8.65. The van der Waals surface area contributed by atoms with E-state index in [9.17, 15) is 9.59 Å². The van der Waals surface area contributed by atoms with E-state index in [4.69, 9.17) is 4.42 Å². The van der Waals surface area contributed by atoms with Gasteiger partial charge in [-0.15, -0.1) is 0 Å². The number of hydrogen-bond acceptors (Lipinski definition) is 4. The van der Waals surface area contributed by atoms with Gasteiger partial charge in [0.15, 0.2) is 5.76 Å². The maximum atomic E-state index is 12.6. The Balaban J connectivity index is 1.37. The molecule has 1 saturated heterocycles. The van der Waals surface area contributed by atoms with Crippen LogP contribution in [0.25, 0.3) is 5.65 Å². The fourth-order valence-corrected chi connectivity index (χ4v) is 3.27. The first-order valence-corrected chi connectivity index (χ1v) is 8.65. The van der Waals surface area contributed by atoms with Gasteiger partial charge in [-0.2, -0.15) is 0 Å².